The Kier molecular flexibility index (Phi) is 8.40. The largest absolute Gasteiger partial charge is 0.461 e. The molecule has 0 unspecified atom stereocenters. The number of esters is 1. The van der Waals surface area contributed by atoms with Gasteiger partial charge in [-0.1, -0.05) is 96.6 Å². The summed E-state index contributed by atoms with van der Waals surface area (Å²) in [6.45, 7) is 2.07. The van der Waals surface area contributed by atoms with Gasteiger partial charge in [0.1, 0.15) is 6.61 Å². The van der Waals surface area contributed by atoms with Gasteiger partial charge in [-0.25, -0.2) is 13.4 Å². The number of amides is 1. The fourth-order valence-electron chi connectivity index (χ4n) is 5.21. The Morgan fingerprint density at radius 1 is 0.689 bits per heavy atom. The van der Waals surface area contributed by atoms with Gasteiger partial charge in [-0.3, -0.25) is 9.59 Å². The molecule has 0 aliphatic carbocycles. The van der Waals surface area contributed by atoms with Crippen molar-refractivity contribution >= 4 is 49.4 Å². The molecule has 1 heterocycles. The number of para-hydroxylation sites is 2. The standard InChI is InChI=1S/C37H30N2O5S/c1-26-15-22-30(23-16-26)45(42,43)39(37(41)36-31-11-5-7-13-33(31)38-34-14-8-6-12-32(34)36)29-20-17-27(18-21-29)19-24-35(40)44-25-28-9-3-2-4-10-28/h2-18,20-23H,19,24-25H2,1H3. The minimum absolute atomic E-state index is 0.00523. The second-order valence-electron chi connectivity index (χ2n) is 10.7. The van der Waals surface area contributed by atoms with Gasteiger partial charge in [0.2, 0.25) is 0 Å². The molecule has 0 bridgehead atoms. The van der Waals surface area contributed by atoms with E-state index >= 15 is 0 Å². The van der Waals surface area contributed by atoms with Gasteiger partial charge < -0.3 is 4.74 Å². The highest BCUT2D eigenvalue weighted by atomic mass is 32.2. The Balaban J connectivity index is 1.35. The molecule has 0 N–H and O–H groups in total. The van der Waals surface area contributed by atoms with Gasteiger partial charge in [0.15, 0.2) is 0 Å². The van der Waals surface area contributed by atoms with Crippen LogP contribution in [0.2, 0.25) is 0 Å². The topological polar surface area (TPSA) is 93.6 Å². The average molecular weight is 615 g/mol. The zero-order valence-electron chi connectivity index (χ0n) is 24.6. The Labute approximate surface area is 261 Å². The van der Waals surface area contributed by atoms with Gasteiger partial charge >= 0.3 is 5.97 Å². The summed E-state index contributed by atoms with van der Waals surface area (Å²) in [6, 6.07) is 36.9. The number of pyridine rings is 1. The number of benzene rings is 5. The van der Waals surface area contributed by atoms with E-state index < -0.39 is 15.9 Å². The van der Waals surface area contributed by atoms with Gasteiger partial charge in [-0.05, 0) is 60.9 Å². The number of fused-ring (bicyclic) bond motifs is 2. The van der Waals surface area contributed by atoms with Crippen molar-refractivity contribution in [3.05, 3.63) is 150 Å². The van der Waals surface area contributed by atoms with Crippen molar-refractivity contribution in [1.82, 2.24) is 4.98 Å². The van der Waals surface area contributed by atoms with Gasteiger partial charge in [0.25, 0.3) is 15.9 Å². The maximum absolute atomic E-state index is 14.6. The molecule has 1 aromatic heterocycles. The molecule has 5 aromatic carbocycles. The molecule has 0 atom stereocenters. The predicted octanol–water partition coefficient (Wildman–Crippen LogP) is 7.41. The van der Waals surface area contributed by atoms with Crippen molar-refractivity contribution < 1.29 is 22.7 Å². The summed E-state index contributed by atoms with van der Waals surface area (Å²) < 4.78 is 34.7. The van der Waals surface area contributed by atoms with Crippen molar-refractivity contribution in [2.75, 3.05) is 4.31 Å². The number of sulfonamides is 1. The van der Waals surface area contributed by atoms with Crippen LogP contribution in [0.4, 0.5) is 5.69 Å². The first-order valence-electron chi connectivity index (χ1n) is 14.5. The van der Waals surface area contributed by atoms with Crippen molar-refractivity contribution in [3.8, 4) is 0 Å². The van der Waals surface area contributed by atoms with E-state index in [0.717, 1.165) is 21.0 Å². The lowest BCUT2D eigenvalue weighted by Gasteiger charge is -2.24. The van der Waals surface area contributed by atoms with Crippen molar-refractivity contribution in [2.45, 2.75) is 31.3 Å². The summed E-state index contributed by atoms with van der Waals surface area (Å²) >= 11 is 0. The van der Waals surface area contributed by atoms with Gasteiger partial charge in [-0.2, -0.15) is 4.31 Å². The van der Waals surface area contributed by atoms with E-state index in [9.17, 15) is 18.0 Å². The molecular formula is C37H30N2O5S. The van der Waals surface area contributed by atoms with Crippen LogP contribution in [0.25, 0.3) is 21.8 Å². The highest BCUT2D eigenvalue weighted by molar-refractivity contribution is 7.93. The Hall–Kier alpha value is -5.34. The SMILES string of the molecule is Cc1ccc(S(=O)(=O)N(C(=O)c2c3ccccc3nc3ccccc23)c2ccc(CCC(=O)OCc3ccccc3)cc2)cc1. The molecule has 0 radical (unpaired) electrons. The summed E-state index contributed by atoms with van der Waals surface area (Å²) in [6.07, 6.45) is 0.553. The number of hydrogen-bond acceptors (Lipinski definition) is 6. The molecule has 0 saturated carbocycles. The number of rotatable bonds is 9. The van der Waals surface area contributed by atoms with Crippen LogP contribution in [-0.4, -0.2) is 25.3 Å². The molecular weight excluding hydrogens is 584 g/mol. The number of ether oxygens (including phenoxy) is 1. The molecule has 0 fully saturated rings. The van der Waals surface area contributed by atoms with E-state index in [1.54, 1.807) is 72.8 Å². The number of aromatic nitrogens is 1. The van der Waals surface area contributed by atoms with E-state index in [1.807, 2.05) is 49.4 Å². The number of anilines is 1. The Morgan fingerprint density at radius 3 is 1.89 bits per heavy atom. The van der Waals surface area contributed by atoms with Crippen LogP contribution in [0.3, 0.4) is 0 Å². The fourth-order valence-corrected chi connectivity index (χ4v) is 6.61. The molecule has 1 amide bonds. The molecule has 0 aliphatic rings. The first kappa shape index (κ1) is 29.7. The normalized spacial score (nSPS) is 11.4. The summed E-state index contributed by atoms with van der Waals surface area (Å²) in [5.41, 5.74) is 4.20. The lowest BCUT2D eigenvalue weighted by Crippen LogP contribution is -2.37. The highest BCUT2D eigenvalue weighted by Crippen LogP contribution is 2.32. The number of carbonyl (C=O) groups is 2. The minimum atomic E-state index is -4.34. The van der Waals surface area contributed by atoms with Gasteiger partial charge in [0.05, 0.1) is 27.2 Å². The van der Waals surface area contributed by atoms with E-state index in [1.165, 1.54) is 12.1 Å². The Morgan fingerprint density at radius 2 is 1.27 bits per heavy atom. The lowest BCUT2D eigenvalue weighted by atomic mass is 10.0. The number of aryl methyl sites for hydroxylation is 2. The van der Waals surface area contributed by atoms with Crippen molar-refractivity contribution in [1.29, 1.82) is 0 Å². The van der Waals surface area contributed by atoms with Crippen LogP contribution in [-0.2, 0) is 32.6 Å². The summed E-state index contributed by atoms with van der Waals surface area (Å²) in [5, 5.41) is 1.10. The number of hydrogen-bond donors (Lipinski definition) is 0. The van der Waals surface area contributed by atoms with Crippen LogP contribution in [0, 0.1) is 6.92 Å². The monoisotopic (exact) mass is 614 g/mol. The third kappa shape index (κ3) is 6.32. The zero-order valence-corrected chi connectivity index (χ0v) is 25.4. The van der Waals surface area contributed by atoms with Gasteiger partial charge in [-0.15, -0.1) is 0 Å². The smallest absolute Gasteiger partial charge is 0.306 e. The minimum Gasteiger partial charge on any atom is -0.461 e. The second-order valence-corrected chi connectivity index (χ2v) is 12.5. The van der Waals surface area contributed by atoms with Crippen molar-refractivity contribution in [2.24, 2.45) is 0 Å². The van der Waals surface area contributed by atoms with E-state index in [2.05, 4.69) is 0 Å². The van der Waals surface area contributed by atoms with E-state index in [-0.39, 0.29) is 35.1 Å². The molecule has 6 rings (SSSR count). The third-order valence-electron chi connectivity index (χ3n) is 7.58. The summed E-state index contributed by atoms with van der Waals surface area (Å²) in [5.74, 6) is -1.03. The van der Waals surface area contributed by atoms with Crippen LogP contribution in [0.5, 0.6) is 0 Å². The molecule has 0 aliphatic heterocycles. The summed E-state index contributed by atoms with van der Waals surface area (Å²) in [4.78, 5) is 31.7. The van der Waals surface area contributed by atoms with E-state index in [4.69, 9.17) is 9.72 Å². The molecule has 0 saturated heterocycles. The molecule has 8 heteroatoms. The fraction of sp³-hybridized carbons (Fsp3) is 0.108. The predicted molar refractivity (Wildman–Crippen MR) is 175 cm³/mol. The number of carbonyl (C=O) groups excluding carboxylic acids is 2. The molecule has 224 valence electrons. The van der Waals surface area contributed by atoms with E-state index in [0.29, 0.717) is 28.2 Å². The lowest BCUT2D eigenvalue weighted by molar-refractivity contribution is -0.144. The third-order valence-corrected chi connectivity index (χ3v) is 9.30. The van der Waals surface area contributed by atoms with Crippen LogP contribution in [0.15, 0.2) is 132 Å². The van der Waals surface area contributed by atoms with Crippen molar-refractivity contribution in [3.63, 3.8) is 0 Å². The molecule has 7 nitrogen and oxygen atoms in total. The quantitative estimate of drug-likeness (QED) is 0.124. The Bertz CT molecular complexity index is 2060. The van der Waals surface area contributed by atoms with Crippen LogP contribution in [0.1, 0.15) is 33.5 Å². The average Bonchev–Trinajstić information content (AvgIpc) is 3.06. The maximum Gasteiger partial charge on any atom is 0.306 e. The van der Waals surface area contributed by atoms with Crippen LogP contribution < -0.4 is 4.31 Å². The molecule has 0 spiro atoms. The summed E-state index contributed by atoms with van der Waals surface area (Å²) in [7, 11) is -4.34. The zero-order chi connectivity index (χ0) is 31.4. The first-order valence-corrected chi connectivity index (χ1v) is 16.0. The number of nitrogens with zero attached hydrogens (tertiary/aromatic N) is 2. The first-order chi connectivity index (χ1) is 21.8. The highest BCUT2D eigenvalue weighted by Gasteiger charge is 2.34. The van der Waals surface area contributed by atoms with Crippen LogP contribution >= 0.6 is 0 Å². The molecule has 6 aromatic rings. The van der Waals surface area contributed by atoms with Gasteiger partial charge in [0, 0.05) is 17.2 Å². The molecule has 45 heavy (non-hydrogen) atoms. The second kappa shape index (κ2) is 12.7. The maximum atomic E-state index is 14.6.